The van der Waals surface area contributed by atoms with Crippen LogP contribution in [-0.4, -0.2) is 27.8 Å². The van der Waals surface area contributed by atoms with E-state index in [0.29, 0.717) is 18.9 Å². The third-order valence-corrected chi connectivity index (χ3v) is 4.54. The van der Waals surface area contributed by atoms with Gasteiger partial charge < -0.3 is 5.32 Å². The minimum absolute atomic E-state index is 0.163. The fraction of sp³-hybridized carbons (Fsp3) is 0.571. The molecule has 0 aliphatic carbocycles. The summed E-state index contributed by atoms with van der Waals surface area (Å²) in [5.74, 6) is 0.624. The van der Waals surface area contributed by atoms with Gasteiger partial charge in [-0.3, -0.25) is 0 Å². The lowest BCUT2D eigenvalue weighted by atomic mass is 9.96. The van der Waals surface area contributed by atoms with Crippen molar-refractivity contribution in [1.82, 2.24) is 10.0 Å². The monoisotopic (exact) mass is 284 g/mol. The van der Waals surface area contributed by atoms with E-state index < -0.39 is 10.0 Å². The summed E-state index contributed by atoms with van der Waals surface area (Å²) in [5, 5.41) is 3.44. The molecule has 0 spiro atoms. The summed E-state index contributed by atoms with van der Waals surface area (Å²) in [6, 6.07) is 10.5. The summed E-state index contributed by atoms with van der Waals surface area (Å²) in [5.41, 5.74) is 1.24. The van der Waals surface area contributed by atoms with Gasteiger partial charge in [-0.2, -0.15) is 0 Å². The van der Waals surface area contributed by atoms with E-state index in [-0.39, 0.29) is 11.8 Å². The van der Waals surface area contributed by atoms with Crippen LogP contribution in [0.4, 0.5) is 0 Å². The van der Waals surface area contributed by atoms with Gasteiger partial charge in [-0.1, -0.05) is 44.2 Å². The largest absolute Gasteiger partial charge is 0.310 e. The fourth-order valence-electron chi connectivity index (χ4n) is 2.02. The summed E-state index contributed by atoms with van der Waals surface area (Å²) in [7, 11) is -1.64. The number of hydrogen-bond acceptors (Lipinski definition) is 3. The minimum Gasteiger partial charge on any atom is -0.310 e. The van der Waals surface area contributed by atoms with Crippen LogP contribution in [0.3, 0.4) is 0 Å². The Morgan fingerprint density at radius 3 is 2.32 bits per heavy atom. The molecule has 0 radical (unpaired) electrons. The van der Waals surface area contributed by atoms with E-state index in [1.807, 2.05) is 18.2 Å². The molecule has 0 aliphatic heterocycles. The van der Waals surface area contributed by atoms with Crippen LogP contribution in [0.2, 0.25) is 0 Å². The van der Waals surface area contributed by atoms with Crippen molar-refractivity contribution in [2.75, 3.05) is 19.3 Å². The maximum atomic E-state index is 11.3. The Kier molecular flexibility index (Phi) is 6.48. The summed E-state index contributed by atoms with van der Waals surface area (Å²) in [4.78, 5) is 0. The fourth-order valence-corrected chi connectivity index (χ4v) is 2.75. The molecule has 1 aromatic rings. The predicted molar refractivity (Wildman–Crippen MR) is 79.5 cm³/mol. The molecule has 0 aliphatic rings. The van der Waals surface area contributed by atoms with Gasteiger partial charge >= 0.3 is 0 Å². The normalized spacial score (nSPS) is 13.7. The molecule has 0 fully saturated rings. The second-order valence-electron chi connectivity index (χ2n) is 4.96. The highest BCUT2D eigenvalue weighted by Crippen LogP contribution is 2.20. The van der Waals surface area contributed by atoms with Crippen molar-refractivity contribution in [2.45, 2.75) is 26.3 Å². The van der Waals surface area contributed by atoms with Crippen molar-refractivity contribution in [3.05, 3.63) is 35.9 Å². The van der Waals surface area contributed by atoms with Crippen LogP contribution in [0.1, 0.15) is 31.9 Å². The molecule has 108 valence electrons. The molecule has 0 aromatic heterocycles. The SMILES string of the molecule is CNS(=O)(=O)CCCN[C@@H](c1ccccc1)C(C)C. The molecular weight excluding hydrogens is 260 g/mol. The molecule has 5 heteroatoms. The Hall–Kier alpha value is -0.910. The van der Waals surface area contributed by atoms with Crippen LogP contribution >= 0.6 is 0 Å². The van der Waals surface area contributed by atoms with Crippen molar-refractivity contribution in [3.63, 3.8) is 0 Å². The molecule has 2 N–H and O–H groups in total. The van der Waals surface area contributed by atoms with Gasteiger partial charge in [0, 0.05) is 6.04 Å². The molecule has 1 atom stereocenters. The Balaban J connectivity index is 2.49. The van der Waals surface area contributed by atoms with Crippen molar-refractivity contribution >= 4 is 10.0 Å². The summed E-state index contributed by atoms with van der Waals surface area (Å²) >= 11 is 0. The maximum Gasteiger partial charge on any atom is 0.211 e. The van der Waals surface area contributed by atoms with Crippen LogP contribution in [-0.2, 0) is 10.0 Å². The van der Waals surface area contributed by atoms with E-state index in [1.54, 1.807) is 0 Å². The molecule has 0 saturated heterocycles. The summed E-state index contributed by atoms with van der Waals surface area (Å²) in [6.45, 7) is 5.02. The molecule has 0 bridgehead atoms. The van der Waals surface area contributed by atoms with Crippen LogP contribution in [0.5, 0.6) is 0 Å². The topological polar surface area (TPSA) is 58.2 Å². The quantitative estimate of drug-likeness (QED) is 0.717. The zero-order valence-corrected chi connectivity index (χ0v) is 12.7. The zero-order valence-electron chi connectivity index (χ0n) is 11.9. The van der Waals surface area contributed by atoms with E-state index in [4.69, 9.17) is 0 Å². The molecule has 19 heavy (non-hydrogen) atoms. The number of benzene rings is 1. The molecule has 0 heterocycles. The average molecular weight is 284 g/mol. The van der Waals surface area contributed by atoms with Gasteiger partial charge in [0.25, 0.3) is 0 Å². The van der Waals surface area contributed by atoms with Crippen molar-refractivity contribution in [1.29, 1.82) is 0 Å². The summed E-state index contributed by atoms with van der Waals surface area (Å²) in [6.07, 6.45) is 0.610. The first-order valence-corrected chi connectivity index (χ1v) is 8.31. The Morgan fingerprint density at radius 1 is 1.16 bits per heavy atom. The lowest BCUT2D eigenvalue weighted by Crippen LogP contribution is -2.29. The van der Waals surface area contributed by atoms with Crippen LogP contribution in [0.25, 0.3) is 0 Å². The van der Waals surface area contributed by atoms with Gasteiger partial charge in [-0.15, -0.1) is 0 Å². The van der Waals surface area contributed by atoms with Gasteiger partial charge in [-0.25, -0.2) is 13.1 Å². The first-order chi connectivity index (χ1) is 8.96. The second kappa shape index (κ2) is 7.62. The Bertz CT molecular complexity index is 458. The number of hydrogen-bond donors (Lipinski definition) is 2. The third kappa shape index (κ3) is 5.72. The number of rotatable bonds is 8. The average Bonchev–Trinajstić information content (AvgIpc) is 2.39. The van der Waals surface area contributed by atoms with E-state index in [0.717, 1.165) is 0 Å². The number of nitrogens with one attached hydrogen (secondary N) is 2. The van der Waals surface area contributed by atoms with Crippen molar-refractivity contribution in [2.24, 2.45) is 5.92 Å². The van der Waals surface area contributed by atoms with E-state index in [2.05, 4.69) is 36.0 Å². The van der Waals surface area contributed by atoms with Crippen LogP contribution in [0.15, 0.2) is 30.3 Å². The minimum atomic E-state index is -3.09. The van der Waals surface area contributed by atoms with Gasteiger partial charge in [-0.05, 0) is 31.5 Å². The zero-order chi connectivity index (χ0) is 14.3. The van der Waals surface area contributed by atoms with E-state index in [1.165, 1.54) is 12.6 Å². The van der Waals surface area contributed by atoms with Gasteiger partial charge in [0.15, 0.2) is 0 Å². The highest BCUT2D eigenvalue weighted by Gasteiger charge is 2.15. The molecule has 0 saturated carbocycles. The third-order valence-electron chi connectivity index (χ3n) is 3.09. The van der Waals surface area contributed by atoms with Gasteiger partial charge in [0.2, 0.25) is 10.0 Å². The smallest absolute Gasteiger partial charge is 0.211 e. The van der Waals surface area contributed by atoms with Crippen molar-refractivity contribution in [3.8, 4) is 0 Å². The van der Waals surface area contributed by atoms with Gasteiger partial charge in [0.1, 0.15) is 0 Å². The van der Waals surface area contributed by atoms with Gasteiger partial charge in [0.05, 0.1) is 5.75 Å². The Labute approximate surface area is 116 Å². The molecular formula is C14H24N2O2S. The maximum absolute atomic E-state index is 11.3. The highest BCUT2D eigenvalue weighted by atomic mass is 32.2. The summed E-state index contributed by atoms with van der Waals surface area (Å²) < 4.78 is 24.9. The molecule has 0 amide bonds. The first-order valence-electron chi connectivity index (χ1n) is 6.66. The van der Waals surface area contributed by atoms with E-state index >= 15 is 0 Å². The standard InChI is InChI=1S/C14H24N2O2S/c1-12(2)14(13-8-5-4-6-9-13)16-10-7-11-19(17,18)15-3/h4-6,8-9,12,14-16H,7,10-11H2,1-3H3/t14-/m1/s1. The van der Waals surface area contributed by atoms with Crippen molar-refractivity contribution < 1.29 is 8.42 Å². The molecule has 4 nitrogen and oxygen atoms in total. The molecule has 1 aromatic carbocycles. The molecule has 1 rings (SSSR count). The van der Waals surface area contributed by atoms with Crippen LogP contribution < -0.4 is 10.0 Å². The lowest BCUT2D eigenvalue weighted by molar-refractivity contribution is 0.412. The highest BCUT2D eigenvalue weighted by molar-refractivity contribution is 7.89. The number of sulfonamides is 1. The second-order valence-corrected chi connectivity index (χ2v) is 7.01. The first kappa shape index (κ1) is 16.1. The Morgan fingerprint density at radius 2 is 1.79 bits per heavy atom. The van der Waals surface area contributed by atoms with E-state index in [9.17, 15) is 8.42 Å². The lowest BCUT2D eigenvalue weighted by Gasteiger charge is -2.23. The van der Waals surface area contributed by atoms with Crippen LogP contribution in [0, 0.1) is 5.92 Å². The predicted octanol–water partition coefficient (Wildman–Crippen LogP) is 1.91. The molecule has 0 unspecified atom stereocenters.